The van der Waals surface area contributed by atoms with Gasteiger partial charge in [0.15, 0.2) is 0 Å². The van der Waals surface area contributed by atoms with Crippen molar-refractivity contribution in [2.24, 2.45) is 5.92 Å². The van der Waals surface area contributed by atoms with Crippen LogP contribution in [0, 0.1) is 5.92 Å². The summed E-state index contributed by atoms with van der Waals surface area (Å²) in [6.07, 6.45) is 3.13. The molecule has 0 bridgehead atoms. The van der Waals surface area contributed by atoms with E-state index in [0.29, 0.717) is 18.5 Å². The van der Waals surface area contributed by atoms with E-state index in [0.717, 1.165) is 19.5 Å². The van der Waals surface area contributed by atoms with Crippen LogP contribution in [-0.4, -0.2) is 49.8 Å². The van der Waals surface area contributed by atoms with Gasteiger partial charge in [-0.15, -0.1) is 0 Å². The van der Waals surface area contributed by atoms with Gasteiger partial charge in [0.25, 0.3) is 0 Å². The number of rotatable bonds is 7. The van der Waals surface area contributed by atoms with Gasteiger partial charge in [-0.1, -0.05) is 13.8 Å². The van der Waals surface area contributed by atoms with E-state index in [1.54, 1.807) is 11.8 Å². The molecule has 1 aliphatic rings. The maximum absolute atomic E-state index is 12.0. The molecule has 1 fully saturated rings. The number of hydrogen-bond donors (Lipinski definition) is 2. The molecule has 0 aliphatic carbocycles. The van der Waals surface area contributed by atoms with Gasteiger partial charge in [-0.3, -0.25) is 4.79 Å². The molecule has 5 heteroatoms. The Morgan fingerprint density at radius 3 is 2.94 bits per heavy atom. The molecule has 1 saturated heterocycles. The predicted molar refractivity (Wildman–Crippen MR) is 72.4 cm³/mol. The predicted octanol–water partition coefficient (Wildman–Crippen LogP) is 0.869. The molecule has 3 atom stereocenters. The normalized spacial score (nSPS) is 25.8. The molecule has 0 aromatic rings. The number of ether oxygens (including phenoxy) is 1. The van der Waals surface area contributed by atoms with Crippen molar-refractivity contribution < 1.29 is 9.53 Å². The highest BCUT2D eigenvalue weighted by Crippen LogP contribution is 2.14. The number of hydrogen-bond acceptors (Lipinski definition) is 4. The van der Waals surface area contributed by atoms with Gasteiger partial charge < -0.3 is 15.4 Å². The molecule has 1 amide bonds. The van der Waals surface area contributed by atoms with E-state index in [9.17, 15) is 4.79 Å². The average molecular weight is 260 g/mol. The maximum Gasteiger partial charge on any atom is 0.227 e. The highest BCUT2D eigenvalue weighted by molar-refractivity contribution is 7.99. The highest BCUT2D eigenvalue weighted by Gasteiger charge is 2.33. The first-order chi connectivity index (χ1) is 8.19. The fourth-order valence-electron chi connectivity index (χ4n) is 1.80. The van der Waals surface area contributed by atoms with Crippen molar-refractivity contribution in [2.45, 2.75) is 31.6 Å². The van der Waals surface area contributed by atoms with Crippen molar-refractivity contribution in [3.05, 3.63) is 0 Å². The SMILES string of the molecule is CCCNC1COCC1C(=O)NCC(C)SC. The van der Waals surface area contributed by atoms with Gasteiger partial charge in [0.05, 0.1) is 19.1 Å². The standard InChI is InChI=1S/C12H24N2O2S/c1-4-5-13-11-8-16-7-10(11)12(15)14-6-9(2)17-3/h9-11,13H,4-8H2,1-3H3,(H,14,15). The lowest BCUT2D eigenvalue weighted by molar-refractivity contribution is -0.125. The molecule has 17 heavy (non-hydrogen) atoms. The lowest BCUT2D eigenvalue weighted by atomic mass is 10.0. The Labute approximate surface area is 108 Å². The van der Waals surface area contributed by atoms with Gasteiger partial charge in [0, 0.05) is 17.8 Å². The molecular weight excluding hydrogens is 236 g/mol. The van der Waals surface area contributed by atoms with Gasteiger partial charge in [0.1, 0.15) is 0 Å². The maximum atomic E-state index is 12.0. The van der Waals surface area contributed by atoms with E-state index in [1.165, 1.54) is 0 Å². The lowest BCUT2D eigenvalue weighted by Gasteiger charge is -2.19. The number of amides is 1. The van der Waals surface area contributed by atoms with E-state index < -0.39 is 0 Å². The summed E-state index contributed by atoms with van der Waals surface area (Å²) in [5.41, 5.74) is 0. The van der Waals surface area contributed by atoms with Crippen LogP contribution in [0.2, 0.25) is 0 Å². The summed E-state index contributed by atoms with van der Waals surface area (Å²) in [7, 11) is 0. The van der Waals surface area contributed by atoms with Crippen molar-refractivity contribution >= 4 is 17.7 Å². The summed E-state index contributed by atoms with van der Waals surface area (Å²) >= 11 is 1.76. The van der Waals surface area contributed by atoms with Gasteiger partial charge in [-0.25, -0.2) is 0 Å². The van der Waals surface area contributed by atoms with E-state index in [4.69, 9.17) is 4.74 Å². The van der Waals surface area contributed by atoms with Crippen LogP contribution in [0.1, 0.15) is 20.3 Å². The molecule has 0 aromatic carbocycles. The van der Waals surface area contributed by atoms with Crippen LogP contribution in [0.25, 0.3) is 0 Å². The molecule has 3 unspecified atom stereocenters. The zero-order chi connectivity index (χ0) is 12.7. The fraction of sp³-hybridized carbons (Fsp3) is 0.917. The minimum atomic E-state index is -0.0318. The average Bonchev–Trinajstić information content (AvgIpc) is 2.81. The van der Waals surface area contributed by atoms with Crippen molar-refractivity contribution in [3.8, 4) is 0 Å². The first kappa shape index (κ1) is 14.8. The Bertz CT molecular complexity index is 239. The molecule has 1 heterocycles. The second-order valence-electron chi connectivity index (χ2n) is 4.50. The van der Waals surface area contributed by atoms with Crippen molar-refractivity contribution in [2.75, 3.05) is 32.6 Å². The van der Waals surface area contributed by atoms with Gasteiger partial charge >= 0.3 is 0 Å². The number of carbonyl (C=O) groups is 1. The Morgan fingerprint density at radius 1 is 1.53 bits per heavy atom. The number of thioether (sulfide) groups is 1. The van der Waals surface area contributed by atoms with Gasteiger partial charge in [-0.2, -0.15) is 11.8 Å². The molecule has 100 valence electrons. The largest absolute Gasteiger partial charge is 0.379 e. The van der Waals surface area contributed by atoms with E-state index in [1.807, 2.05) is 0 Å². The second kappa shape index (κ2) is 7.95. The minimum Gasteiger partial charge on any atom is -0.379 e. The topological polar surface area (TPSA) is 50.4 Å². The molecule has 0 radical (unpaired) electrons. The molecule has 1 aliphatic heterocycles. The summed E-state index contributed by atoms with van der Waals surface area (Å²) in [6, 6.07) is 0.180. The van der Waals surface area contributed by atoms with Crippen LogP contribution in [-0.2, 0) is 9.53 Å². The van der Waals surface area contributed by atoms with Crippen LogP contribution >= 0.6 is 11.8 Å². The Balaban J connectivity index is 2.33. The third kappa shape index (κ3) is 4.85. The summed E-state index contributed by atoms with van der Waals surface area (Å²) in [6.45, 7) is 7.11. The lowest BCUT2D eigenvalue weighted by Crippen LogP contribution is -2.45. The fourth-order valence-corrected chi connectivity index (χ4v) is 2.05. The molecule has 0 aromatic heterocycles. The molecule has 0 spiro atoms. The smallest absolute Gasteiger partial charge is 0.227 e. The Morgan fingerprint density at radius 2 is 2.29 bits per heavy atom. The quantitative estimate of drug-likeness (QED) is 0.713. The molecular formula is C12H24N2O2S. The highest BCUT2D eigenvalue weighted by atomic mass is 32.2. The van der Waals surface area contributed by atoms with Crippen LogP contribution in [0.4, 0.5) is 0 Å². The number of carbonyl (C=O) groups excluding carboxylic acids is 1. The molecule has 2 N–H and O–H groups in total. The minimum absolute atomic E-state index is 0.0318. The van der Waals surface area contributed by atoms with Crippen LogP contribution in [0.15, 0.2) is 0 Å². The first-order valence-electron chi connectivity index (χ1n) is 6.30. The second-order valence-corrected chi connectivity index (χ2v) is 5.77. The summed E-state index contributed by atoms with van der Waals surface area (Å²) in [5, 5.41) is 6.84. The van der Waals surface area contributed by atoms with Crippen molar-refractivity contribution in [1.82, 2.24) is 10.6 Å². The van der Waals surface area contributed by atoms with Crippen molar-refractivity contribution in [1.29, 1.82) is 0 Å². The van der Waals surface area contributed by atoms with Crippen LogP contribution < -0.4 is 10.6 Å². The van der Waals surface area contributed by atoms with Crippen molar-refractivity contribution in [3.63, 3.8) is 0 Å². The molecule has 4 nitrogen and oxygen atoms in total. The molecule has 0 saturated carbocycles. The molecule has 1 rings (SSSR count). The number of nitrogens with one attached hydrogen (secondary N) is 2. The van der Waals surface area contributed by atoms with Crippen LogP contribution in [0.5, 0.6) is 0 Å². The zero-order valence-electron chi connectivity index (χ0n) is 11.0. The Kier molecular flexibility index (Phi) is 6.92. The third-order valence-corrected chi connectivity index (χ3v) is 4.01. The Hall–Kier alpha value is -0.260. The monoisotopic (exact) mass is 260 g/mol. The van der Waals surface area contributed by atoms with E-state index >= 15 is 0 Å². The zero-order valence-corrected chi connectivity index (χ0v) is 11.8. The van der Waals surface area contributed by atoms with Crippen LogP contribution in [0.3, 0.4) is 0 Å². The summed E-state index contributed by atoms with van der Waals surface area (Å²) in [5.74, 6) is 0.0904. The van der Waals surface area contributed by atoms with Gasteiger partial charge in [-0.05, 0) is 19.2 Å². The van der Waals surface area contributed by atoms with Gasteiger partial charge in [0.2, 0.25) is 5.91 Å². The van der Waals surface area contributed by atoms with E-state index in [-0.39, 0.29) is 17.9 Å². The summed E-state index contributed by atoms with van der Waals surface area (Å²) < 4.78 is 5.39. The first-order valence-corrected chi connectivity index (χ1v) is 7.59. The van der Waals surface area contributed by atoms with E-state index in [2.05, 4.69) is 30.7 Å². The summed E-state index contributed by atoms with van der Waals surface area (Å²) in [4.78, 5) is 12.0. The third-order valence-electron chi connectivity index (χ3n) is 3.04.